The molecule has 4 nitrogen and oxygen atoms in total. The monoisotopic (exact) mass is 271 g/mol. The number of hydrogen-bond acceptors (Lipinski definition) is 3. The van der Waals surface area contributed by atoms with Crippen molar-refractivity contribution in [2.75, 3.05) is 0 Å². The number of benzene rings is 1. The van der Waals surface area contributed by atoms with E-state index in [-0.39, 0.29) is 6.04 Å². The number of hydrogen-bond donors (Lipinski definition) is 1. The summed E-state index contributed by atoms with van der Waals surface area (Å²) in [6, 6.07) is 10.00. The molecule has 0 aliphatic heterocycles. The lowest BCUT2D eigenvalue weighted by atomic mass is 10.0. The smallest absolute Gasteiger partial charge is 0.120 e. The van der Waals surface area contributed by atoms with E-state index < -0.39 is 0 Å². The van der Waals surface area contributed by atoms with Crippen molar-refractivity contribution >= 4 is 0 Å². The van der Waals surface area contributed by atoms with Crippen LogP contribution in [-0.2, 0) is 13.5 Å². The van der Waals surface area contributed by atoms with E-state index in [2.05, 4.69) is 18.1 Å². The first-order valence-electron chi connectivity index (χ1n) is 7.22. The zero-order chi connectivity index (χ0) is 14.1. The van der Waals surface area contributed by atoms with Gasteiger partial charge in [0.25, 0.3) is 0 Å². The fraction of sp³-hybridized carbons (Fsp3) is 0.438. The van der Waals surface area contributed by atoms with Gasteiger partial charge in [0.2, 0.25) is 0 Å². The van der Waals surface area contributed by atoms with Gasteiger partial charge in [-0.1, -0.05) is 19.1 Å². The van der Waals surface area contributed by atoms with Crippen LogP contribution in [0.1, 0.15) is 42.8 Å². The van der Waals surface area contributed by atoms with Crippen molar-refractivity contribution in [1.82, 2.24) is 9.78 Å². The Labute approximate surface area is 119 Å². The van der Waals surface area contributed by atoms with E-state index in [0.29, 0.717) is 6.10 Å². The Bertz CT molecular complexity index is 602. The second-order valence-electron chi connectivity index (χ2n) is 5.41. The summed E-state index contributed by atoms with van der Waals surface area (Å²) in [6.07, 6.45) is 3.66. The highest BCUT2D eigenvalue weighted by molar-refractivity contribution is 5.35. The molecule has 1 fully saturated rings. The Morgan fingerprint density at radius 2 is 2.20 bits per heavy atom. The number of nitrogens with two attached hydrogens (primary N) is 1. The van der Waals surface area contributed by atoms with Crippen molar-refractivity contribution in [1.29, 1.82) is 0 Å². The van der Waals surface area contributed by atoms with Gasteiger partial charge in [0.15, 0.2) is 0 Å². The molecule has 0 spiro atoms. The topological polar surface area (TPSA) is 53.1 Å². The zero-order valence-corrected chi connectivity index (χ0v) is 12.0. The SMILES string of the molecule is CCc1cc(C(N)c2cccc(OC3CC3)c2)n(C)n1. The standard InChI is InChI=1S/C16H21N3O/c1-3-12-10-15(19(2)18-12)16(17)11-5-4-6-14(9-11)20-13-7-8-13/h4-6,9-10,13,16H,3,7-8,17H2,1-2H3. The molecule has 1 saturated carbocycles. The fourth-order valence-corrected chi connectivity index (χ4v) is 2.34. The third kappa shape index (κ3) is 2.70. The van der Waals surface area contributed by atoms with Crippen molar-refractivity contribution in [3.63, 3.8) is 0 Å². The first kappa shape index (κ1) is 13.2. The van der Waals surface area contributed by atoms with Crippen molar-refractivity contribution < 1.29 is 4.74 Å². The summed E-state index contributed by atoms with van der Waals surface area (Å²) in [5.41, 5.74) is 9.55. The maximum atomic E-state index is 6.38. The van der Waals surface area contributed by atoms with Crippen molar-refractivity contribution in [2.45, 2.75) is 38.3 Å². The Morgan fingerprint density at radius 3 is 2.85 bits per heavy atom. The van der Waals surface area contributed by atoms with Gasteiger partial charge in [-0.2, -0.15) is 5.10 Å². The van der Waals surface area contributed by atoms with E-state index in [0.717, 1.165) is 42.0 Å². The summed E-state index contributed by atoms with van der Waals surface area (Å²) in [6.45, 7) is 2.10. The minimum atomic E-state index is -0.171. The highest BCUT2D eigenvalue weighted by atomic mass is 16.5. The second kappa shape index (κ2) is 5.29. The predicted octanol–water partition coefficient (Wildman–Crippen LogP) is 2.57. The molecule has 106 valence electrons. The van der Waals surface area contributed by atoms with E-state index in [1.165, 1.54) is 0 Å². The molecule has 3 rings (SSSR count). The molecule has 1 unspecified atom stereocenters. The van der Waals surface area contributed by atoms with Crippen LogP contribution < -0.4 is 10.5 Å². The van der Waals surface area contributed by atoms with E-state index in [4.69, 9.17) is 10.5 Å². The molecule has 0 bridgehead atoms. The molecule has 4 heteroatoms. The average molecular weight is 271 g/mol. The van der Waals surface area contributed by atoms with Crippen LogP contribution >= 0.6 is 0 Å². The van der Waals surface area contributed by atoms with Crippen LogP contribution in [0.5, 0.6) is 5.75 Å². The quantitative estimate of drug-likeness (QED) is 0.909. The lowest BCUT2D eigenvalue weighted by molar-refractivity contribution is 0.303. The molecule has 1 atom stereocenters. The molecule has 0 radical (unpaired) electrons. The highest BCUT2D eigenvalue weighted by Crippen LogP contribution is 2.29. The van der Waals surface area contributed by atoms with Crippen LogP contribution in [-0.4, -0.2) is 15.9 Å². The van der Waals surface area contributed by atoms with Crippen molar-refractivity contribution in [3.8, 4) is 5.75 Å². The Balaban J connectivity index is 1.84. The summed E-state index contributed by atoms with van der Waals surface area (Å²) in [4.78, 5) is 0. The molecule has 1 aromatic carbocycles. The van der Waals surface area contributed by atoms with Gasteiger partial charge in [0, 0.05) is 7.05 Å². The van der Waals surface area contributed by atoms with Gasteiger partial charge >= 0.3 is 0 Å². The van der Waals surface area contributed by atoms with E-state index in [1.807, 2.05) is 36.0 Å². The Hall–Kier alpha value is -1.81. The fourth-order valence-electron chi connectivity index (χ4n) is 2.34. The molecule has 2 N–H and O–H groups in total. The third-order valence-electron chi connectivity index (χ3n) is 3.69. The van der Waals surface area contributed by atoms with Crippen LogP contribution in [0.4, 0.5) is 0 Å². The zero-order valence-electron chi connectivity index (χ0n) is 12.0. The minimum absolute atomic E-state index is 0.171. The molecule has 1 aliphatic rings. The van der Waals surface area contributed by atoms with Gasteiger partial charge in [0.05, 0.1) is 23.5 Å². The van der Waals surface area contributed by atoms with Crippen LogP contribution in [0.2, 0.25) is 0 Å². The Morgan fingerprint density at radius 1 is 1.40 bits per heavy atom. The minimum Gasteiger partial charge on any atom is -0.490 e. The van der Waals surface area contributed by atoms with Gasteiger partial charge in [0.1, 0.15) is 5.75 Å². The third-order valence-corrected chi connectivity index (χ3v) is 3.69. The second-order valence-corrected chi connectivity index (χ2v) is 5.41. The summed E-state index contributed by atoms with van der Waals surface area (Å²) < 4.78 is 7.70. The van der Waals surface area contributed by atoms with E-state index in [9.17, 15) is 0 Å². The molecule has 0 amide bonds. The summed E-state index contributed by atoms with van der Waals surface area (Å²) in [7, 11) is 1.94. The van der Waals surface area contributed by atoms with Crippen LogP contribution in [0, 0.1) is 0 Å². The molecule has 0 saturated heterocycles. The first-order valence-corrected chi connectivity index (χ1v) is 7.22. The summed E-state index contributed by atoms with van der Waals surface area (Å²) >= 11 is 0. The normalized spacial score (nSPS) is 16.1. The maximum Gasteiger partial charge on any atom is 0.120 e. The van der Waals surface area contributed by atoms with E-state index in [1.54, 1.807) is 0 Å². The highest BCUT2D eigenvalue weighted by Gasteiger charge is 2.24. The molecule has 1 heterocycles. The van der Waals surface area contributed by atoms with Gasteiger partial charge < -0.3 is 10.5 Å². The molecule has 20 heavy (non-hydrogen) atoms. The molecule has 1 aliphatic carbocycles. The van der Waals surface area contributed by atoms with E-state index >= 15 is 0 Å². The average Bonchev–Trinajstić information content (AvgIpc) is 3.18. The molecule has 2 aromatic rings. The lowest BCUT2D eigenvalue weighted by Gasteiger charge is -2.14. The molecular weight excluding hydrogens is 250 g/mol. The number of rotatable bonds is 5. The van der Waals surface area contributed by atoms with Gasteiger partial charge in [-0.3, -0.25) is 4.68 Å². The summed E-state index contributed by atoms with van der Waals surface area (Å²) in [5, 5.41) is 4.46. The summed E-state index contributed by atoms with van der Waals surface area (Å²) in [5.74, 6) is 0.915. The maximum absolute atomic E-state index is 6.38. The largest absolute Gasteiger partial charge is 0.490 e. The van der Waals surface area contributed by atoms with Crippen molar-refractivity contribution in [2.24, 2.45) is 12.8 Å². The van der Waals surface area contributed by atoms with Crippen LogP contribution in [0.15, 0.2) is 30.3 Å². The predicted molar refractivity (Wildman–Crippen MR) is 78.7 cm³/mol. The van der Waals surface area contributed by atoms with Crippen LogP contribution in [0.25, 0.3) is 0 Å². The van der Waals surface area contributed by atoms with Gasteiger partial charge in [-0.15, -0.1) is 0 Å². The number of aryl methyl sites for hydroxylation is 2. The number of aromatic nitrogens is 2. The molecule has 1 aromatic heterocycles. The van der Waals surface area contributed by atoms with Gasteiger partial charge in [-0.05, 0) is 43.0 Å². The number of ether oxygens (including phenoxy) is 1. The van der Waals surface area contributed by atoms with Gasteiger partial charge in [-0.25, -0.2) is 0 Å². The Kier molecular flexibility index (Phi) is 3.49. The lowest BCUT2D eigenvalue weighted by Crippen LogP contribution is -2.16. The van der Waals surface area contributed by atoms with Crippen LogP contribution in [0.3, 0.4) is 0 Å². The first-order chi connectivity index (χ1) is 9.67. The number of nitrogens with zero attached hydrogens (tertiary/aromatic N) is 2. The van der Waals surface area contributed by atoms with Crippen molar-refractivity contribution in [3.05, 3.63) is 47.3 Å². The molecular formula is C16H21N3O.